The van der Waals surface area contributed by atoms with Crippen LogP contribution in [0.15, 0.2) is 34.3 Å². The van der Waals surface area contributed by atoms with Crippen molar-refractivity contribution in [2.24, 2.45) is 10.9 Å². The molecule has 0 aromatic heterocycles. The Labute approximate surface area is 113 Å². The summed E-state index contributed by atoms with van der Waals surface area (Å²) in [5.41, 5.74) is 6.08. The van der Waals surface area contributed by atoms with Crippen LogP contribution in [0.2, 0.25) is 0 Å². The molecule has 0 amide bonds. The summed E-state index contributed by atoms with van der Waals surface area (Å²) in [6.45, 7) is 3.56. The lowest BCUT2D eigenvalue weighted by atomic mass is 10.1. The Bertz CT molecular complexity index is 555. The molecule has 7 heteroatoms. The average molecular weight is 285 g/mol. The number of benzene rings is 1. The van der Waals surface area contributed by atoms with Crippen LogP contribution in [0.25, 0.3) is 0 Å². The minimum Gasteiger partial charge on any atom is -0.409 e. The summed E-state index contributed by atoms with van der Waals surface area (Å²) in [6.07, 6.45) is 0.708. The summed E-state index contributed by atoms with van der Waals surface area (Å²) in [4.78, 5) is 0.243. The lowest BCUT2D eigenvalue weighted by Gasteiger charge is -2.17. The van der Waals surface area contributed by atoms with Gasteiger partial charge in [0, 0.05) is 12.5 Å². The fraction of sp³-hybridized carbons (Fsp3) is 0.417. The van der Waals surface area contributed by atoms with Gasteiger partial charge in [0.05, 0.1) is 4.90 Å². The molecular weight excluding hydrogens is 266 g/mol. The SMILES string of the molecule is CCC(CC(N)=NO)NS(=O)(=O)c1ccccc1C. The van der Waals surface area contributed by atoms with Gasteiger partial charge in [-0.1, -0.05) is 30.3 Å². The Hall–Kier alpha value is -1.60. The van der Waals surface area contributed by atoms with E-state index in [9.17, 15) is 8.42 Å². The number of rotatable bonds is 6. The normalized spacial score (nSPS) is 14.3. The van der Waals surface area contributed by atoms with Crippen molar-refractivity contribution in [3.8, 4) is 0 Å². The Balaban J connectivity index is 2.93. The van der Waals surface area contributed by atoms with E-state index in [-0.39, 0.29) is 17.2 Å². The van der Waals surface area contributed by atoms with Crippen LogP contribution in [0, 0.1) is 6.92 Å². The highest BCUT2D eigenvalue weighted by molar-refractivity contribution is 7.89. The lowest BCUT2D eigenvalue weighted by Crippen LogP contribution is -2.37. The largest absolute Gasteiger partial charge is 0.409 e. The number of nitrogens with two attached hydrogens (primary N) is 1. The highest BCUT2D eigenvalue weighted by Crippen LogP contribution is 2.15. The topological polar surface area (TPSA) is 105 Å². The number of nitrogens with one attached hydrogen (secondary N) is 1. The number of hydrogen-bond donors (Lipinski definition) is 3. The van der Waals surface area contributed by atoms with Crippen molar-refractivity contribution < 1.29 is 13.6 Å². The summed E-state index contributed by atoms with van der Waals surface area (Å²) in [5.74, 6) is -0.000617. The van der Waals surface area contributed by atoms with Gasteiger partial charge in [0.1, 0.15) is 5.84 Å². The quantitative estimate of drug-likeness (QED) is 0.316. The zero-order chi connectivity index (χ0) is 14.5. The van der Waals surface area contributed by atoms with Crippen LogP contribution < -0.4 is 10.5 Å². The van der Waals surface area contributed by atoms with Gasteiger partial charge in [0.15, 0.2) is 0 Å². The van der Waals surface area contributed by atoms with Crippen LogP contribution in [-0.4, -0.2) is 25.5 Å². The number of aryl methyl sites for hydroxylation is 1. The van der Waals surface area contributed by atoms with Crippen molar-refractivity contribution in [3.63, 3.8) is 0 Å². The van der Waals surface area contributed by atoms with E-state index in [2.05, 4.69) is 9.88 Å². The summed E-state index contributed by atoms with van der Waals surface area (Å²) in [6, 6.07) is 6.33. The van der Waals surface area contributed by atoms with Crippen LogP contribution in [0.3, 0.4) is 0 Å². The maximum absolute atomic E-state index is 12.2. The van der Waals surface area contributed by atoms with Crippen LogP contribution in [-0.2, 0) is 10.0 Å². The highest BCUT2D eigenvalue weighted by Gasteiger charge is 2.21. The van der Waals surface area contributed by atoms with Gasteiger partial charge in [-0.2, -0.15) is 0 Å². The molecule has 0 aliphatic heterocycles. The average Bonchev–Trinajstić information content (AvgIpc) is 2.37. The molecule has 0 saturated heterocycles. The molecular formula is C12H19N3O3S. The van der Waals surface area contributed by atoms with Gasteiger partial charge in [-0.25, -0.2) is 13.1 Å². The van der Waals surface area contributed by atoms with Gasteiger partial charge in [0.25, 0.3) is 0 Å². The Morgan fingerprint density at radius 3 is 2.63 bits per heavy atom. The molecule has 106 valence electrons. The minimum atomic E-state index is -3.60. The zero-order valence-corrected chi connectivity index (χ0v) is 11.8. The van der Waals surface area contributed by atoms with Crippen LogP contribution >= 0.6 is 0 Å². The van der Waals surface area contributed by atoms with Crippen molar-refractivity contribution in [1.82, 2.24) is 4.72 Å². The molecule has 0 fully saturated rings. The maximum Gasteiger partial charge on any atom is 0.241 e. The molecule has 0 aliphatic rings. The maximum atomic E-state index is 12.2. The number of oxime groups is 1. The van der Waals surface area contributed by atoms with Crippen LogP contribution in [0.5, 0.6) is 0 Å². The fourth-order valence-electron chi connectivity index (χ4n) is 1.70. The van der Waals surface area contributed by atoms with Crippen molar-refractivity contribution in [2.75, 3.05) is 0 Å². The number of amidine groups is 1. The van der Waals surface area contributed by atoms with Gasteiger partial charge >= 0.3 is 0 Å². The lowest BCUT2D eigenvalue weighted by molar-refractivity contribution is 0.316. The summed E-state index contributed by atoms with van der Waals surface area (Å²) < 4.78 is 27.0. The molecule has 4 N–H and O–H groups in total. The molecule has 0 radical (unpaired) electrons. The molecule has 1 rings (SSSR count). The van der Waals surface area contributed by atoms with E-state index in [4.69, 9.17) is 10.9 Å². The van der Waals surface area contributed by atoms with E-state index in [1.165, 1.54) is 0 Å². The second-order valence-electron chi connectivity index (χ2n) is 4.29. The van der Waals surface area contributed by atoms with E-state index in [0.717, 1.165) is 0 Å². The molecule has 6 nitrogen and oxygen atoms in total. The van der Waals surface area contributed by atoms with Gasteiger partial charge < -0.3 is 10.9 Å². The van der Waals surface area contributed by atoms with E-state index < -0.39 is 16.1 Å². The van der Waals surface area contributed by atoms with Crippen molar-refractivity contribution in [2.45, 2.75) is 37.6 Å². The second-order valence-corrected chi connectivity index (χ2v) is 5.97. The van der Waals surface area contributed by atoms with E-state index in [0.29, 0.717) is 12.0 Å². The monoisotopic (exact) mass is 285 g/mol. The smallest absolute Gasteiger partial charge is 0.241 e. The third kappa shape index (κ3) is 4.22. The van der Waals surface area contributed by atoms with Crippen molar-refractivity contribution in [3.05, 3.63) is 29.8 Å². The molecule has 1 atom stereocenters. The molecule has 0 aliphatic carbocycles. The molecule has 19 heavy (non-hydrogen) atoms. The minimum absolute atomic E-state index is 0.000617. The number of nitrogens with zero attached hydrogens (tertiary/aromatic N) is 1. The first-order chi connectivity index (χ1) is 8.90. The first kappa shape index (κ1) is 15.5. The standard InChI is InChI=1S/C12H19N3O3S/c1-3-10(8-12(13)14-16)15-19(17,18)11-7-5-4-6-9(11)2/h4-7,10,15-16H,3,8H2,1-2H3,(H2,13,14). The Morgan fingerprint density at radius 1 is 1.47 bits per heavy atom. The molecule has 0 saturated carbocycles. The van der Waals surface area contributed by atoms with Gasteiger partial charge in [-0.3, -0.25) is 0 Å². The summed E-state index contributed by atoms with van der Waals surface area (Å²) in [7, 11) is -3.60. The van der Waals surface area contributed by atoms with Crippen LogP contribution in [0.4, 0.5) is 0 Å². The second kappa shape index (κ2) is 6.53. The fourth-order valence-corrected chi connectivity index (χ4v) is 3.27. The van der Waals surface area contributed by atoms with E-state index in [1.54, 1.807) is 31.2 Å². The first-order valence-corrected chi connectivity index (χ1v) is 7.43. The highest BCUT2D eigenvalue weighted by atomic mass is 32.2. The summed E-state index contributed by atoms with van der Waals surface area (Å²) in [5, 5.41) is 11.4. The zero-order valence-electron chi connectivity index (χ0n) is 11.0. The number of hydrogen-bond acceptors (Lipinski definition) is 4. The van der Waals surface area contributed by atoms with Gasteiger partial charge in [-0.15, -0.1) is 0 Å². The number of sulfonamides is 1. The van der Waals surface area contributed by atoms with Gasteiger partial charge in [-0.05, 0) is 25.0 Å². The molecule has 1 aromatic carbocycles. The molecule has 0 spiro atoms. The Morgan fingerprint density at radius 2 is 2.11 bits per heavy atom. The third-order valence-corrected chi connectivity index (χ3v) is 4.46. The predicted molar refractivity (Wildman–Crippen MR) is 73.6 cm³/mol. The molecule has 0 bridgehead atoms. The van der Waals surface area contributed by atoms with Crippen molar-refractivity contribution >= 4 is 15.9 Å². The molecule has 0 heterocycles. The first-order valence-electron chi connectivity index (χ1n) is 5.95. The summed E-state index contributed by atoms with van der Waals surface area (Å²) >= 11 is 0. The predicted octanol–water partition coefficient (Wildman–Crippen LogP) is 1.19. The van der Waals surface area contributed by atoms with E-state index >= 15 is 0 Å². The van der Waals surface area contributed by atoms with Gasteiger partial charge in [0.2, 0.25) is 10.0 Å². The Kier molecular flexibility index (Phi) is 5.31. The molecule has 1 aromatic rings. The third-order valence-electron chi connectivity index (χ3n) is 2.78. The molecule has 1 unspecified atom stereocenters. The van der Waals surface area contributed by atoms with E-state index in [1.807, 2.05) is 6.92 Å². The van der Waals surface area contributed by atoms with Crippen molar-refractivity contribution in [1.29, 1.82) is 0 Å². The van der Waals surface area contributed by atoms with Crippen LogP contribution in [0.1, 0.15) is 25.3 Å².